The van der Waals surface area contributed by atoms with Crippen LogP contribution in [0.2, 0.25) is 0 Å². The lowest BCUT2D eigenvalue weighted by molar-refractivity contribution is -0.152. The highest BCUT2D eigenvalue weighted by Crippen LogP contribution is 2.52. The number of nitrogens with one attached hydrogen (secondary N) is 1. The summed E-state index contributed by atoms with van der Waals surface area (Å²) in [5.74, 6) is -2.50. The van der Waals surface area contributed by atoms with Gasteiger partial charge in [0.25, 0.3) is 0 Å². The Morgan fingerprint density at radius 3 is 2.39 bits per heavy atom. The molecule has 8 heteroatoms. The summed E-state index contributed by atoms with van der Waals surface area (Å²) in [6, 6.07) is 6.74. The zero-order chi connectivity index (χ0) is 20.9. The van der Waals surface area contributed by atoms with Gasteiger partial charge in [-0.1, -0.05) is 18.2 Å². The van der Waals surface area contributed by atoms with Crippen molar-refractivity contribution in [3.63, 3.8) is 0 Å². The van der Waals surface area contributed by atoms with E-state index in [1.165, 1.54) is 14.0 Å². The van der Waals surface area contributed by atoms with Crippen molar-refractivity contribution in [1.82, 2.24) is 0 Å². The average molecular weight is 386 g/mol. The number of hydrogen-bond acceptors (Lipinski definition) is 7. The van der Waals surface area contributed by atoms with Gasteiger partial charge in [-0.2, -0.15) is 0 Å². The number of ether oxygens (including phenoxy) is 3. The molecule has 3 rings (SSSR count). The van der Waals surface area contributed by atoms with Gasteiger partial charge in [0.05, 0.1) is 7.11 Å². The number of para-hydroxylation sites is 1. The van der Waals surface area contributed by atoms with E-state index in [0.29, 0.717) is 11.3 Å². The number of fused-ring (bicyclic) bond motifs is 2. The van der Waals surface area contributed by atoms with E-state index < -0.39 is 28.9 Å². The Hall–Kier alpha value is -3.29. The first-order valence-corrected chi connectivity index (χ1v) is 8.66. The molecule has 0 saturated heterocycles. The van der Waals surface area contributed by atoms with Crippen molar-refractivity contribution >= 4 is 23.5 Å². The highest BCUT2D eigenvalue weighted by atomic mass is 16.6. The molecule has 1 amide bonds. The molecular formula is C20H22N2O6. The fourth-order valence-corrected chi connectivity index (χ4v) is 3.58. The molecule has 0 fully saturated rings. The van der Waals surface area contributed by atoms with Crippen molar-refractivity contribution in [2.45, 2.75) is 38.7 Å². The number of hydrogen-bond donors (Lipinski definition) is 2. The third-order valence-corrected chi connectivity index (χ3v) is 4.52. The van der Waals surface area contributed by atoms with Gasteiger partial charge in [0.1, 0.15) is 27.9 Å². The molecule has 0 bridgehead atoms. The molecule has 0 saturated carbocycles. The molecule has 8 nitrogen and oxygen atoms in total. The summed E-state index contributed by atoms with van der Waals surface area (Å²) in [5.41, 5.74) is 3.84. The Labute approximate surface area is 162 Å². The van der Waals surface area contributed by atoms with Gasteiger partial charge in [-0.25, -0.2) is 9.59 Å². The highest BCUT2D eigenvalue weighted by Gasteiger charge is 2.61. The summed E-state index contributed by atoms with van der Waals surface area (Å²) in [5, 5.41) is 2.72. The molecule has 0 unspecified atom stereocenters. The van der Waals surface area contributed by atoms with Crippen LogP contribution in [-0.4, -0.2) is 30.6 Å². The van der Waals surface area contributed by atoms with Crippen molar-refractivity contribution in [3.05, 3.63) is 52.6 Å². The van der Waals surface area contributed by atoms with Gasteiger partial charge in [0.15, 0.2) is 0 Å². The number of allylic oxidation sites excluding steroid dienone is 1. The van der Waals surface area contributed by atoms with Gasteiger partial charge in [0.2, 0.25) is 11.8 Å². The second-order valence-corrected chi connectivity index (χ2v) is 7.52. The first-order valence-electron chi connectivity index (χ1n) is 8.66. The molecule has 1 spiro atoms. The molecule has 2 aliphatic heterocycles. The molecule has 0 radical (unpaired) electrons. The quantitative estimate of drug-likeness (QED) is 0.745. The molecule has 1 aromatic rings. The highest BCUT2D eigenvalue weighted by molar-refractivity contribution is 6.21. The Morgan fingerprint density at radius 1 is 1.14 bits per heavy atom. The Morgan fingerprint density at radius 2 is 1.79 bits per heavy atom. The van der Waals surface area contributed by atoms with Crippen LogP contribution in [-0.2, 0) is 34.0 Å². The molecule has 2 heterocycles. The van der Waals surface area contributed by atoms with Gasteiger partial charge < -0.3 is 25.3 Å². The second-order valence-electron chi connectivity index (χ2n) is 7.52. The maximum Gasteiger partial charge on any atom is 0.341 e. The van der Waals surface area contributed by atoms with E-state index in [1.54, 1.807) is 45.0 Å². The second kappa shape index (κ2) is 6.40. The van der Waals surface area contributed by atoms with Crippen LogP contribution in [0.5, 0.6) is 0 Å². The molecular weight excluding hydrogens is 364 g/mol. The van der Waals surface area contributed by atoms with Crippen molar-refractivity contribution < 1.29 is 28.6 Å². The molecule has 1 aromatic carbocycles. The van der Waals surface area contributed by atoms with E-state index >= 15 is 0 Å². The minimum atomic E-state index is -1.83. The number of methoxy groups -OCH3 is 1. The standard InChI is InChI=1S/C20H22N2O6/c1-10-13(16(23)26-5)20(11-8-6-7-9-12(11)22-18(20)25)14(15(21)27-10)17(24)28-19(2,3)4/h6-9H,21H2,1-5H3,(H,22,25)/t20-/m0/s1. The van der Waals surface area contributed by atoms with Crippen LogP contribution in [0, 0.1) is 0 Å². The van der Waals surface area contributed by atoms with E-state index in [0.717, 1.165) is 0 Å². The smallest absolute Gasteiger partial charge is 0.341 e. The van der Waals surface area contributed by atoms with Crippen LogP contribution in [0.1, 0.15) is 33.3 Å². The number of nitrogens with two attached hydrogens (primary N) is 1. The summed E-state index contributed by atoms with van der Waals surface area (Å²) in [6.45, 7) is 6.54. The van der Waals surface area contributed by atoms with Crippen LogP contribution >= 0.6 is 0 Å². The Kier molecular flexibility index (Phi) is 4.45. The average Bonchev–Trinajstić information content (AvgIpc) is 2.85. The monoisotopic (exact) mass is 386 g/mol. The van der Waals surface area contributed by atoms with E-state index in [4.69, 9.17) is 19.9 Å². The molecule has 3 N–H and O–H groups in total. The summed E-state index contributed by atoms with van der Waals surface area (Å²) >= 11 is 0. The Balaban J connectivity index is 2.36. The molecule has 0 aromatic heterocycles. The van der Waals surface area contributed by atoms with Gasteiger partial charge >= 0.3 is 11.9 Å². The van der Waals surface area contributed by atoms with Gasteiger partial charge in [-0.05, 0) is 33.8 Å². The summed E-state index contributed by atoms with van der Waals surface area (Å²) < 4.78 is 15.9. The van der Waals surface area contributed by atoms with Gasteiger partial charge in [-0.3, -0.25) is 4.79 Å². The lowest BCUT2D eigenvalue weighted by Crippen LogP contribution is -2.49. The zero-order valence-electron chi connectivity index (χ0n) is 16.3. The van der Waals surface area contributed by atoms with E-state index in [2.05, 4.69) is 5.32 Å². The normalized spacial score (nSPS) is 21.2. The van der Waals surface area contributed by atoms with Crippen LogP contribution in [0.15, 0.2) is 47.1 Å². The zero-order valence-corrected chi connectivity index (χ0v) is 16.3. The third kappa shape index (κ3) is 2.72. The SMILES string of the molecule is COC(=O)C1=C(C)OC(N)=C(C(=O)OC(C)(C)C)[C@@]12C(=O)Nc1ccccc12. The number of rotatable bonds is 2. The van der Waals surface area contributed by atoms with Crippen molar-refractivity contribution in [3.8, 4) is 0 Å². The molecule has 148 valence electrons. The van der Waals surface area contributed by atoms with Crippen LogP contribution in [0.25, 0.3) is 0 Å². The van der Waals surface area contributed by atoms with E-state index in [-0.39, 0.29) is 22.8 Å². The van der Waals surface area contributed by atoms with Crippen LogP contribution < -0.4 is 11.1 Å². The number of benzene rings is 1. The number of carbonyl (C=O) groups is 3. The largest absolute Gasteiger partial charge is 0.466 e. The number of anilines is 1. The summed E-state index contributed by atoms with van der Waals surface area (Å²) in [4.78, 5) is 39.1. The third-order valence-electron chi connectivity index (χ3n) is 4.52. The number of esters is 2. The van der Waals surface area contributed by atoms with Crippen LogP contribution in [0.4, 0.5) is 5.69 Å². The van der Waals surface area contributed by atoms with Crippen LogP contribution in [0.3, 0.4) is 0 Å². The fraction of sp³-hybridized carbons (Fsp3) is 0.350. The van der Waals surface area contributed by atoms with Gasteiger partial charge in [0, 0.05) is 11.3 Å². The maximum absolute atomic E-state index is 13.3. The lowest BCUT2D eigenvalue weighted by Gasteiger charge is -2.36. The molecule has 28 heavy (non-hydrogen) atoms. The summed E-state index contributed by atoms with van der Waals surface area (Å²) in [7, 11) is 1.18. The molecule has 0 aliphatic carbocycles. The van der Waals surface area contributed by atoms with Crippen molar-refractivity contribution in [2.75, 3.05) is 12.4 Å². The molecule has 2 aliphatic rings. The minimum Gasteiger partial charge on any atom is -0.466 e. The lowest BCUT2D eigenvalue weighted by atomic mass is 9.67. The topological polar surface area (TPSA) is 117 Å². The predicted molar refractivity (Wildman–Crippen MR) is 99.6 cm³/mol. The van der Waals surface area contributed by atoms with Crippen molar-refractivity contribution in [1.29, 1.82) is 0 Å². The Bertz CT molecular complexity index is 954. The minimum absolute atomic E-state index is 0.0727. The number of amides is 1. The number of carbonyl (C=O) groups excluding carboxylic acids is 3. The fourth-order valence-electron chi connectivity index (χ4n) is 3.58. The van der Waals surface area contributed by atoms with Gasteiger partial charge in [-0.15, -0.1) is 0 Å². The van der Waals surface area contributed by atoms with Crippen molar-refractivity contribution in [2.24, 2.45) is 5.73 Å². The maximum atomic E-state index is 13.3. The first kappa shape index (κ1) is 19.5. The predicted octanol–water partition coefficient (Wildman–Crippen LogP) is 1.87. The van der Waals surface area contributed by atoms with E-state index in [9.17, 15) is 14.4 Å². The first-order chi connectivity index (χ1) is 13.0. The summed E-state index contributed by atoms with van der Waals surface area (Å²) in [6.07, 6.45) is 0. The van der Waals surface area contributed by atoms with E-state index in [1.807, 2.05) is 0 Å². The molecule has 1 atom stereocenters.